The Labute approximate surface area is 162 Å². The fraction of sp³-hybridized carbons (Fsp3) is 0.450. The highest BCUT2D eigenvalue weighted by Crippen LogP contribution is 2.36. The molecule has 3 aliphatic rings. The predicted molar refractivity (Wildman–Crippen MR) is 99.5 cm³/mol. The number of hydrogen-bond donors (Lipinski definition) is 1. The van der Waals surface area contributed by atoms with Crippen LogP contribution in [0.3, 0.4) is 0 Å². The monoisotopic (exact) mass is 386 g/mol. The average Bonchev–Trinajstić information content (AvgIpc) is 3.31. The molecule has 4 amide bonds. The number of halogens is 1. The third-order valence-corrected chi connectivity index (χ3v) is 5.60. The first-order valence-electron chi connectivity index (χ1n) is 9.63. The van der Waals surface area contributed by atoms with Crippen molar-refractivity contribution in [3.05, 3.63) is 46.9 Å². The summed E-state index contributed by atoms with van der Waals surface area (Å²) in [6.45, 7) is 3.95. The second kappa shape index (κ2) is 7.26. The minimum atomic E-state index is -0.648. The van der Waals surface area contributed by atoms with Crippen LogP contribution in [0, 0.1) is 5.82 Å². The largest absolute Gasteiger partial charge is 0.341 e. The number of nitrogens with one attached hydrogen (secondary N) is 1. The number of urea groups is 1. The van der Waals surface area contributed by atoms with E-state index in [0.717, 1.165) is 25.9 Å². The number of likely N-dealkylation sites (tertiary alicyclic amines) is 1. The summed E-state index contributed by atoms with van der Waals surface area (Å²) in [7, 11) is 0. The molecule has 1 fully saturated rings. The molecule has 1 N–H and O–H groups in total. The van der Waals surface area contributed by atoms with Gasteiger partial charge in [-0.25, -0.2) is 9.18 Å². The molecule has 0 aromatic heterocycles. The lowest BCUT2D eigenvalue weighted by atomic mass is 9.95. The first-order chi connectivity index (χ1) is 13.5. The van der Waals surface area contributed by atoms with Crippen molar-refractivity contribution < 1.29 is 18.8 Å². The van der Waals surface area contributed by atoms with E-state index in [0.29, 0.717) is 23.4 Å². The fourth-order valence-corrected chi connectivity index (χ4v) is 4.15. The number of benzene rings is 1. The molecule has 1 atom stereocenters. The topological polar surface area (TPSA) is 73.0 Å². The number of carbonyl (C=O) groups is 3. The smallest absolute Gasteiger partial charge is 0.322 e. The Morgan fingerprint density at radius 1 is 1.18 bits per heavy atom. The Morgan fingerprint density at radius 2 is 1.86 bits per heavy atom. The van der Waals surface area contributed by atoms with Crippen LogP contribution in [-0.2, 0) is 9.59 Å². The van der Waals surface area contributed by atoms with E-state index in [4.69, 9.17) is 0 Å². The van der Waals surface area contributed by atoms with Gasteiger partial charge in [0.1, 0.15) is 12.4 Å². The molecule has 8 heteroatoms. The maximum absolute atomic E-state index is 13.3. The zero-order valence-corrected chi connectivity index (χ0v) is 15.8. The minimum absolute atomic E-state index is 0.00765. The van der Waals surface area contributed by atoms with Gasteiger partial charge in [-0.3, -0.25) is 14.5 Å². The summed E-state index contributed by atoms with van der Waals surface area (Å²) in [6, 6.07) is 4.81. The number of hydrogen-bond acceptors (Lipinski definition) is 3. The van der Waals surface area contributed by atoms with Gasteiger partial charge in [-0.2, -0.15) is 0 Å². The lowest BCUT2D eigenvalue weighted by Crippen LogP contribution is -2.47. The molecule has 0 unspecified atom stereocenters. The van der Waals surface area contributed by atoms with E-state index >= 15 is 0 Å². The van der Waals surface area contributed by atoms with Gasteiger partial charge in [-0.15, -0.1) is 0 Å². The first kappa shape index (κ1) is 18.5. The van der Waals surface area contributed by atoms with Crippen molar-refractivity contribution in [3.8, 4) is 0 Å². The van der Waals surface area contributed by atoms with Crippen molar-refractivity contribution in [2.45, 2.75) is 25.8 Å². The third kappa shape index (κ3) is 3.12. The van der Waals surface area contributed by atoms with Crippen LogP contribution >= 0.6 is 0 Å². The van der Waals surface area contributed by atoms with Crippen LogP contribution in [-0.4, -0.2) is 65.3 Å². The molecule has 1 saturated heterocycles. The van der Waals surface area contributed by atoms with Crippen molar-refractivity contribution in [1.29, 1.82) is 0 Å². The molecule has 0 spiro atoms. The fourth-order valence-electron chi connectivity index (χ4n) is 4.15. The Morgan fingerprint density at radius 3 is 2.50 bits per heavy atom. The maximum Gasteiger partial charge on any atom is 0.322 e. The van der Waals surface area contributed by atoms with Crippen molar-refractivity contribution in [2.75, 3.05) is 32.7 Å². The molecule has 7 nitrogen and oxygen atoms in total. The summed E-state index contributed by atoms with van der Waals surface area (Å²) < 4.78 is 13.3. The van der Waals surface area contributed by atoms with E-state index in [1.54, 1.807) is 17.0 Å². The first-order valence-corrected chi connectivity index (χ1v) is 9.63. The molecule has 148 valence electrons. The summed E-state index contributed by atoms with van der Waals surface area (Å²) in [6.07, 6.45) is 1.98. The van der Waals surface area contributed by atoms with Gasteiger partial charge in [0.05, 0.1) is 23.9 Å². The lowest BCUT2D eigenvalue weighted by Gasteiger charge is -2.32. The molecular weight excluding hydrogens is 363 g/mol. The van der Waals surface area contributed by atoms with Gasteiger partial charge in [0.2, 0.25) is 5.91 Å². The van der Waals surface area contributed by atoms with E-state index < -0.39 is 6.04 Å². The molecule has 3 heterocycles. The molecule has 1 aromatic carbocycles. The van der Waals surface area contributed by atoms with E-state index in [1.807, 2.05) is 6.92 Å². The molecule has 3 aliphatic heterocycles. The van der Waals surface area contributed by atoms with E-state index in [1.165, 1.54) is 21.9 Å². The lowest BCUT2D eigenvalue weighted by molar-refractivity contribution is -0.137. The van der Waals surface area contributed by atoms with Crippen LogP contribution in [0.1, 0.15) is 31.4 Å². The number of rotatable bonds is 4. The minimum Gasteiger partial charge on any atom is -0.341 e. The quantitative estimate of drug-likeness (QED) is 0.855. The van der Waals surface area contributed by atoms with Crippen molar-refractivity contribution in [1.82, 2.24) is 20.0 Å². The number of nitrogens with zero attached hydrogens (tertiary/aromatic N) is 3. The maximum atomic E-state index is 13.3. The summed E-state index contributed by atoms with van der Waals surface area (Å²) in [5.74, 6) is -0.701. The zero-order chi connectivity index (χ0) is 19.8. The molecule has 4 rings (SSSR count). The SMILES string of the molecule is CCN1C(=O)N[C@H](c2ccc(F)cc2)C2=C1CN(CC(=O)N1CCCC1)C2=O. The Balaban J connectivity index is 1.62. The second-order valence-corrected chi connectivity index (χ2v) is 7.29. The van der Waals surface area contributed by atoms with Gasteiger partial charge in [0, 0.05) is 19.6 Å². The van der Waals surface area contributed by atoms with Crippen molar-refractivity contribution in [2.24, 2.45) is 0 Å². The van der Waals surface area contributed by atoms with Gasteiger partial charge in [0.25, 0.3) is 5.91 Å². The van der Waals surface area contributed by atoms with Gasteiger partial charge in [-0.05, 0) is 37.5 Å². The van der Waals surface area contributed by atoms with Gasteiger partial charge < -0.3 is 15.1 Å². The predicted octanol–water partition coefficient (Wildman–Crippen LogP) is 1.63. The van der Waals surface area contributed by atoms with Crippen LogP contribution in [0.4, 0.5) is 9.18 Å². The molecular formula is C20H23FN4O3. The van der Waals surface area contributed by atoms with Crippen molar-refractivity contribution in [3.63, 3.8) is 0 Å². The number of amides is 4. The Hall–Kier alpha value is -2.90. The van der Waals surface area contributed by atoms with Crippen LogP contribution in [0.15, 0.2) is 35.5 Å². The van der Waals surface area contributed by atoms with Crippen molar-refractivity contribution >= 4 is 17.8 Å². The highest BCUT2D eigenvalue weighted by Gasteiger charge is 2.44. The molecule has 1 aromatic rings. The van der Waals surface area contributed by atoms with Crippen LogP contribution < -0.4 is 5.32 Å². The van der Waals surface area contributed by atoms with E-state index in [-0.39, 0.29) is 36.8 Å². The van der Waals surface area contributed by atoms with Crippen LogP contribution in [0.5, 0.6) is 0 Å². The normalized spacial score (nSPS) is 22.1. The number of carbonyl (C=O) groups excluding carboxylic acids is 3. The Bertz CT molecular complexity index is 846. The summed E-state index contributed by atoms with van der Waals surface area (Å²) in [4.78, 5) is 43.1. The van der Waals surface area contributed by atoms with Crippen LogP contribution in [0.25, 0.3) is 0 Å². The Kier molecular flexibility index (Phi) is 4.78. The average molecular weight is 386 g/mol. The van der Waals surface area contributed by atoms with Gasteiger partial charge in [-0.1, -0.05) is 12.1 Å². The van der Waals surface area contributed by atoms with Gasteiger partial charge >= 0.3 is 6.03 Å². The highest BCUT2D eigenvalue weighted by atomic mass is 19.1. The molecule has 28 heavy (non-hydrogen) atoms. The summed E-state index contributed by atoms with van der Waals surface area (Å²) in [5, 5.41) is 2.85. The molecule has 0 aliphatic carbocycles. The van der Waals surface area contributed by atoms with E-state index in [2.05, 4.69) is 5.32 Å². The summed E-state index contributed by atoms with van der Waals surface area (Å²) >= 11 is 0. The zero-order valence-electron chi connectivity index (χ0n) is 15.8. The third-order valence-electron chi connectivity index (χ3n) is 5.60. The second-order valence-electron chi connectivity index (χ2n) is 7.29. The highest BCUT2D eigenvalue weighted by molar-refractivity contribution is 6.03. The molecule has 0 radical (unpaired) electrons. The van der Waals surface area contributed by atoms with E-state index in [9.17, 15) is 18.8 Å². The standard InChI is InChI=1S/C20H23FN4O3/c1-2-25-15-11-24(12-16(26)23-9-3-4-10-23)19(27)17(15)18(22-20(25)28)13-5-7-14(21)8-6-13/h5-8,18H,2-4,9-12H2,1H3,(H,22,28)/t18-/m1/s1. The van der Waals surface area contributed by atoms with Gasteiger partial charge in [0.15, 0.2) is 0 Å². The molecule has 0 saturated carbocycles. The number of likely N-dealkylation sites (N-methyl/N-ethyl adjacent to an activating group) is 1. The van der Waals surface area contributed by atoms with Crippen LogP contribution in [0.2, 0.25) is 0 Å². The molecule has 0 bridgehead atoms. The summed E-state index contributed by atoms with van der Waals surface area (Å²) in [5.41, 5.74) is 1.72.